The number of aliphatic carboxylic acids is 1. The second-order valence-corrected chi connectivity index (χ2v) is 4.96. The average Bonchev–Trinajstić information content (AvgIpc) is 3.04. The number of carboxylic acids is 1. The summed E-state index contributed by atoms with van der Waals surface area (Å²) in [6.45, 7) is 2.01. The minimum absolute atomic E-state index is 0.118. The number of aromatic nitrogens is 3. The predicted octanol–water partition coefficient (Wildman–Crippen LogP) is 0.889. The number of rotatable bonds is 5. The Labute approximate surface area is 115 Å². The number of aromatic amines is 1. The number of nitrogens with one attached hydrogen (secondary N) is 2. The smallest absolute Gasteiger partial charge is 0.336 e. The number of amides is 1. The summed E-state index contributed by atoms with van der Waals surface area (Å²) in [6, 6.07) is 0.118. The lowest BCUT2D eigenvalue weighted by atomic mass is 9.95. The van der Waals surface area contributed by atoms with Gasteiger partial charge in [0.2, 0.25) is 11.9 Å². The zero-order chi connectivity index (χ0) is 14.7. The first-order valence-corrected chi connectivity index (χ1v) is 6.55. The molecule has 1 saturated carbocycles. The van der Waals surface area contributed by atoms with Gasteiger partial charge in [0.25, 0.3) is 0 Å². The molecule has 0 aliphatic heterocycles. The Kier molecular flexibility index (Phi) is 4.21. The largest absolute Gasteiger partial charge is 0.481 e. The number of H-pyrrole nitrogens is 1. The van der Waals surface area contributed by atoms with E-state index >= 15 is 0 Å². The first-order chi connectivity index (χ1) is 9.55. The third kappa shape index (κ3) is 2.89. The highest BCUT2D eigenvalue weighted by Crippen LogP contribution is 2.38. The van der Waals surface area contributed by atoms with Crippen LogP contribution < -0.4 is 10.1 Å². The highest BCUT2D eigenvalue weighted by molar-refractivity contribution is 5.94. The minimum atomic E-state index is -0.920. The summed E-state index contributed by atoms with van der Waals surface area (Å²) in [4.78, 5) is 27.3. The molecule has 110 valence electrons. The zero-order valence-electron chi connectivity index (χ0n) is 11.4. The third-order valence-electron chi connectivity index (χ3n) is 3.78. The van der Waals surface area contributed by atoms with Crippen molar-refractivity contribution in [3.8, 4) is 6.01 Å². The summed E-state index contributed by atoms with van der Waals surface area (Å²) in [5.74, 6) is -1.99. The number of ether oxygens (including phenoxy) is 1. The number of anilines is 1. The molecule has 1 amide bonds. The molecule has 0 spiro atoms. The van der Waals surface area contributed by atoms with Crippen LogP contribution >= 0.6 is 0 Å². The van der Waals surface area contributed by atoms with Crippen molar-refractivity contribution in [1.29, 1.82) is 0 Å². The molecule has 1 heterocycles. The maximum absolute atomic E-state index is 12.2. The Bertz CT molecular complexity index is 501. The zero-order valence-corrected chi connectivity index (χ0v) is 11.4. The van der Waals surface area contributed by atoms with Crippen molar-refractivity contribution in [3.05, 3.63) is 0 Å². The van der Waals surface area contributed by atoms with Crippen LogP contribution in [0.25, 0.3) is 0 Å². The molecule has 1 aliphatic rings. The molecule has 3 N–H and O–H groups in total. The van der Waals surface area contributed by atoms with E-state index < -0.39 is 17.8 Å². The van der Waals surface area contributed by atoms with Crippen molar-refractivity contribution in [2.24, 2.45) is 17.8 Å². The van der Waals surface area contributed by atoms with Gasteiger partial charge in [-0.3, -0.25) is 14.9 Å². The van der Waals surface area contributed by atoms with E-state index in [1.54, 1.807) is 0 Å². The lowest BCUT2D eigenvalue weighted by molar-refractivity contribution is -0.145. The van der Waals surface area contributed by atoms with E-state index in [0.29, 0.717) is 12.8 Å². The molecule has 8 heteroatoms. The normalized spacial score (nSPS) is 25.4. The lowest BCUT2D eigenvalue weighted by Gasteiger charge is -2.13. The number of carbonyl (C=O) groups excluding carboxylic acids is 1. The van der Waals surface area contributed by atoms with Gasteiger partial charge in [0.05, 0.1) is 18.9 Å². The molecular weight excluding hydrogens is 264 g/mol. The van der Waals surface area contributed by atoms with Crippen LogP contribution in [0.3, 0.4) is 0 Å². The van der Waals surface area contributed by atoms with Gasteiger partial charge in [-0.15, -0.1) is 5.10 Å². The third-order valence-corrected chi connectivity index (χ3v) is 3.78. The molecule has 1 aromatic rings. The highest BCUT2D eigenvalue weighted by Gasteiger charge is 2.42. The van der Waals surface area contributed by atoms with Gasteiger partial charge in [-0.2, -0.15) is 4.98 Å². The summed E-state index contributed by atoms with van der Waals surface area (Å²) in [6.07, 6.45) is 2.01. The summed E-state index contributed by atoms with van der Waals surface area (Å²) in [5.41, 5.74) is 0. The number of methoxy groups -OCH3 is 1. The van der Waals surface area contributed by atoms with Crippen molar-refractivity contribution < 1.29 is 19.4 Å². The van der Waals surface area contributed by atoms with E-state index in [-0.39, 0.29) is 23.8 Å². The maximum atomic E-state index is 12.2. The molecule has 20 heavy (non-hydrogen) atoms. The molecule has 1 aliphatic carbocycles. The number of nitrogens with zero attached hydrogens (tertiary/aromatic N) is 2. The van der Waals surface area contributed by atoms with E-state index in [2.05, 4.69) is 20.5 Å². The van der Waals surface area contributed by atoms with Crippen LogP contribution in [0.5, 0.6) is 6.01 Å². The molecule has 3 atom stereocenters. The van der Waals surface area contributed by atoms with E-state index in [1.807, 2.05) is 6.92 Å². The van der Waals surface area contributed by atoms with Gasteiger partial charge in [-0.25, -0.2) is 5.10 Å². The van der Waals surface area contributed by atoms with E-state index in [4.69, 9.17) is 4.74 Å². The first-order valence-electron chi connectivity index (χ1n) is 6.55. The molecule has 2 rings (SSSR count). The topological polar surface area (TPSA) is 117 Å². The van der Waals surface area contributed by atoms with Crippen LogP contribution in [0, 0.1) is 17.8 Å². The van der Waals surface area contributed by atoms with Crippen molar-refractivity contribution >= 4 is 17.8 Å². The number of hydrogen-bond donors (Lipinski definition) is 3. The van der Waals surface area contributed by atoms with Gasteiger partial charge in [0.15, 0.2) is 0 Å². The van der Waals surface area contributed by atoms with Crippen LogP contribution in [-0.4, -0.2) is 39.3 Å². The second kappa shape index (κ2) is 5.89. The quantitative estimate of drug-likeness (QED) is 0.738. The maximum Gasteiger partial charge on any atom is 0.336 e. The fourth-order valence-electron chi connectivity index (χ4n) is 2.64. The average molecular weight is 282 g/mol. The molecule has 1 aromatic heterocycles. The Hall–Kier alpha value is -2.12. The van der Waals surface area contributed by atoms with E-state index in [1.165, 1.54) is 7.11 Å². The van der Waals surface area contributed by atoms with Gasteiger partial charge >= 0.3 is 12.0 Å². The molecule has 0 saturated heterocycles. The lowest BCUT2D eigenvalue weighted by Crippen LogP contribution is -2.30. The minimum Gasteiger partial charge on any atom is -0.481 e. The molecule has 1 fully saturated rings. The van der Waals surface area contributed by atoms with Crippen molar-refractivity contribution in [3.63, 3.8) is 0 Å². The summed E-state index contributed by atoms with van der Waals surface area (Å²) in [5, 5.41) is 18.0. The summed E-state index contributed by atoms with van der Waals surface area (Å²) >= 11 is 0. The van der Waals surface area contributed by atoms with Crippen molar-refractivity contribution in [2.75, 3.05) is 12.4 Å². The Morgan fingerprint density at radius 3 is 2.70 bits per heavy atom. The van der Waals surface area contributed by atoms with Gasteiger partial charge in [0.1, 0.15) is 0 Å². The van der Waals surface area contributed by atoms with Crippen LogP contribution in [0.15, 0.2) is 0 Å². The fraction of sp³-hybridized carbons (Fsp3) is 0.667. The molecule has 1 unspecified atom stereocenters. The van der Waals surface area contributed by atoms with Gasteiger partial charge in [0, 0.05) is 0 Å². The van der Waals surface area contributed by atoms with E-state index in [0.717, 1.165) is 6.42 Å². The van der Waals surface area contributed by atoms with Crippen LogP contribution in [0.1, 0.15) is 26.2 Å². The Morgan fingerprint density at radius 1 is 1.45 bits per heavy atom. The summed E-state index contributed by atoms with van der Waals surface area (Å²) in [7, 11) is 1.41. The molecule has 8 nitrogen and oxygen atoms in total. The Balaban J connectivity index is 2.05. The predicted molar refractivity (Wildman–Crippen MR) is 69.2 cm³/mol. The molecule has 0 radical (unpaired) electrons. The number of carbonyl (C=O) groups is 2. The van der Waals surface area contributed by atoms with Gasteiger partial charge in [-0.1, -0.05) is 13.3 Å². The van der Waals surface area contributed by atoms with Crippen LogP contribution in [0.4, 0.5) is 5.95 Å². The van der Waals surface area contributed by atoms with Gasteiger partial charge < -0.3 is 9.84 Å². The fourth-order valence-corrected chi connectivity index (χ4v) is 2.64. The summed E-state index contributed by atoms with van der Waals surface area (Å²) < 4.78 is 4.80. The van der Waals surface area contributed by atoms with Crippen LogP contribution in [0.2, 0.25) is 0 Å². The first kappa shape index (κ1) is 14.3. The Morgan fingerprint density at radius 2 is 2.15 bits per heavy atom. The second-order valence-electron chi connectivity index (χ2n) is 4.96. The number of carboxylic acid groups (broad SMARTS) is 1. The number of hydrogen-bond acceptors (Lipinski definition) is 5. The van der Waals surface area contributed by atoms with E-state index in [9.17, 15) is 14.7 Å². The van der Waals surface area contributed by atoms with Crippen LogP contribution in [-0.2, 0) is 9.59 Å². The van der Waals surface area contributed by atoms with Crippen molar-refractivity contribution in [1.82, 2.24) is 15.2 Å². The highest BCUT2D eigenvalue weighted by atomic mass is 16.5. The SMILES string of the molecule is CCC1C[C@H](C(=O)Nc2nc(OC)n[nH]2)[C@H](C(=O)O)C1. The van der Waals surface area contributed by atoms with Crippen molar-refractivity contribution in [2.45, 2.75) is 26.2 Å². The molecular formula is C12H18N4O4. The van der Waals surface area contributed by atoms with Gasteiger partial charge in [-0.05, 0) is 18.8 Å². The molecule has 0 aromatic carbocycles. The molecule has 0 bridgehead atoms. The standard InChI is InChI=1S/C12H18N4O4/c1-3-6-4-7(8(5-6)10(18)19)9(17)13-11-14-12(20-2)16-15-11/h6-8H,3-5H2,1-2H3,(H,18,19)(H2,13,14,15,16,17)/t6?,7-,8+/m0/s1. The monoisotopic (exact) mass is 282 g/mol.